The molecular formula is C13H12ClF2N3. The lowest BCUT2D eigenvalue weighted by atomic mass is 10.2. The summed E-state index contributed by atoms with van der Waals surface area (Å²) in [5.74, 6) is -0.572. The number of nitrogens with zero attached hydrogens (tertiary/aromatic N) is 2. The van der Waals surface area contributed by atoms with Crippen molar-refractivity contribution in [1.82, 2.24) is 9.97 Å². The molecule has 1 heterocycles. The summed E-state index contributed by atoms with van der Waals surface area (Å²) in [6, 6.07) is 4.15. The Morgan fingerprint density at radius 3 is 2.63 bits per heavy atom. The van der Waals surface area contributed by atoms with E-state index in [2.05, 4.69) is 15.3 Å². The number of aromatic nitrogens is 2. The average molecular weight is 284 g/mol. The van der Waals surface area contributed by atoms with Crippen LogP contribution < -0.4 is 5.32 Å². The van der Waals surface area contributed by atoms with Gasteiger partial charge in [0.05, 0.1) is 10.7 Å². The van der Waals surface area contributed by atoms with Crippen LogP contribution in [0.4, 0.5) is 14.6 Å². The number of aryl methyl sites for hydroxylation is 1. The monoisotopic (exact) mass is 283 g/mol. The Labute approximate surface area is 114 Å². The van der Waals surface area contributed by atoms with Crippen LogP contribution in [-0.4, -0.2) is 16.5 Å². The van der Waals surface area contributed by atoms with E-state index in [1.165, 1.54) is 18.2 Å². The lowest BCUT2D eigenvalue weighted by Crippen LogP contribution is -2.06. The SMILES string of the molecule is CCNc1nc(-c2ccc(F)c(Cl)c2)nc(C)c1F. The Kier molecular flexibility index (Phi) is 3.95. The van der Waals surface area contributed by atoms with Gasteiger partial charge in [-0.1, -0.05) is 11.6 Å². The molecule has 0 aliphatic rings. The van der Waals surface area contributed by atoms with Crippen molar-refractivity contribution in [2.75, 3.05) is 11.9 Å². The molecule has 1 N–H and O–H groups in total. The van der Waals surface area contributed by atoms with Crippen molar-refractivity contribution in [3.63, 3.8) is 0 Å². The minimum Gasteiger partial charge on any atom is -0.368 e. The second kappa shape index (κ2) is 5.48. The molecule has 0 unspecified atom stereocenters. The Bertz CT molecular complexity index is 617. The van der Waals surface area contributed by atoms with Gasteiger partial charge in [-0.15, -0.1) is 0 Å². The third kappa shape index (κ3) is 2.81. The molecule has 0 bridgehead atoms. The van der Waals surface area contributed by atoms with Gasteiger partial charge in [0.2, 0.25) is 0 Å². The summed E-state index contributed by atoms with van der Waals surface area (Å²) in [5, 5.41) is 2.80. The molecule has 0 fully saturated rings. The van der Waals surface area contributed by atoms with Gasteiger partial charge in [0, 0.05) is 12.1 Å². The minimum atomic E-state index is -0.517. The van der Waals surface area contributed by atoms with E-state index in [1.54, 1.807) is 6.92 Å². The molecule has 6 heteroatoms. The molecule has 19 heavy (non-hydrogen) atoms. The molecule has 1 aromatic carbocycles. The fraction of sp³-hybridized carbons (Fsp3) is 0.231. The minimum absolute atomic E-state index is 0.0203. The standard InChI is InChI=1S/C13H12ClF2N3/c1-3-17-13-11(16)7(2)18-12(19-13)8-4-5-10(15)9(14)6-8/h4-6H,3H2,1-2H3,(H,17,18,19). The Morgan fingerprint density at radius 2 is 2.00 bits per heavy atom. The molecule has 2 rings (SSSR count). The maximum Gasteiger partial charge on any atom is 0.186 e. The van der Waals surface area contributed by atoms with E-state index in [4.69, 9.17) is 11.6 Å². The molecule has 0 atom stereocenters. The molecule has 2 aromatic rings. The van der Waals surface area contributed by atoms with Crippen molar-refractivity contribution in [2.45, 2.75) is 13.8 Å². The molecule has 1 aromatic heterocycles. The number of hydrogen-bond donors (Lipinski definition) is 1. The summed E-state index contributed by atoms with van der Waals surface area (Å²) < 4.78 is 26.9. The van der Waals surface area contributed by atoms with Crippen LogP contribution in [0.15, 0.2) is 18.2 Å². The van der Waals surface area contributed by atoms with Crippen molar-refractivity contribution in [3.05, 3.63) is 40.6 Å². The van der Waals surface area contributed by atoms with Crippen molar-refractivity contribution >= 4 is 17.4 Å². The van der Waals surface area contributed by atoms with Gasteiger partial charge in [-0.25, -0.2) is 18.7 Å². The molecule has 0 amide bonds. The van der Waals surface area contributed by atoms with E-state index in [0.29, 0.717) is 17.9 Å². The molecule has 0 spiro atoms. The molecule has 0 radical (unpaired) electrons. The van der Waals surface area contributed by atoms with Gasteiger partial charge in [0.1, 0.15) is 5.82 Å². The molecule has 0 saturated carbocycles. The van der Waals surface area contributed by atoms with Gasteiger partial charge in [0.25, 0.3) is 0 Å². The second-order valence-electron chi connectivity index (χ2n) is 3.95. The first kappa shape index (κ1) is 13.7. The maximum atomic E-state index is 13.8. The van der Waals surface area contributed by atoms with Crippen LogP contribution in [0.2, 0.25) is 5.02 Å². The predicted molar refractivity (Wildman–Crippen MR) is 71.3 cm³/mol. The van der Waals surface area contributed by atoms with Crippen LogP contribution in [0.1, 0.15) is 12.6 Å². The number of benzene rings is 1. The first-order valence-corrected chi connectivity index (χ1v) is 6.14. The summed E-state index contributed by atoms with van der Waals surface area (Å²) in [4.78, 5) is 8.14. The Hall–Kier alpha value is -1.75. The van der Waals surface area contributed by atoms with E-state index in [0.717, 1.165) is 0 Å². The number of anilines is 1. The third-order valence-electron chi connectivity index (χ3n) is 2.54. The van der Waals surface area contributed by atoms with E-state index < -0.39 is 11.6 Å². The summed E-state index contributed by atoms with van der Waals surface area (Å²) in [6.45, 7) is 3.93. The fourth-order valence-electron chi connectivity index (χ4n) is 1.61. The van der Waals surface area contributed by atoms with Crippen LogP contribution in [0.5, 0.6) is 0 Å². The van der Waals surface area contributed by atoms with Crippen LogP contribution in [0.3, 0.4) is 0 Å². The zero-order valence-corrected chi connectivity index (χ0v) is 11.2. The van der Waals surface area contributed by atoms with Crippen LogP contribution in [0.25, 0.3) is 11.4 Å². The van der Waals surface area contributed by atoms with E-state index >= 15 is 0 Å². The lowest BCUT2D eigenvalue weighted by Gasteiger charge is -2.09. The average Bonchev–Trinajstić information content (AvgIpc) is 2.38. The first-order valence-electron chi connectivity index (χ1n) is 5.76. The smallest absolute Gasteiger partial charge is 0.186 e. The zero-order chi connectivity index (χ0) is 14.0. The van der Waals surface area contributed by atoms with Crippen LogP contribution >= 0.6 is 11.6 Å². The first-order chi connectivity index (χ1) is 9.02. The molecule has 0 saturated heterocycles. The lowest BCUT2D eigenvalue weighted by molar-refractivity contribution is 0.606. The van der Waals surface area contributed by atoms with Gasteiger partial charge in [-0.3, -0.25) is 0 Å². The van der Waals surface area contributed by atoms with E-state index in [1.807, 2.05) is 6.92 Å². The molecule has 100 valence electrons. The molecular weight excluding hydrogens is 272 g/mol. The van der Waals surface area contributed by atoms with E-state index in [9.17, 15) is 8.78 Å². The van der Waals surface area contributed by atoms with Crippen molar-refractivity contribution in [2.24, 2.45) is 0 Å². The summed E-state index contributed by atoms with van der Waals surface area (Å²) in [6.07, 6.45) is 0. The second-order valence-corrected chi connectivity index (χ2v) is 4.36. The summed E-state index contributed by atoms with van der Waals surface area (Å²) in [5.41, 5.74) is 0.759. The zero-order valence-electron chi connectivity index (χ0n) is 10.5. The van der Waals surface area contributed by atoms with Gasteiger partial charge in [-0.05, 0) is 32.0 Å². The highest BCUT2D eigenvalue weighted by Gasteiger charge is 2.13. The van der Waals surface area contributed by atoms with Crippen LogP contribution in [0, 0.1) is 18.6 Å². The van der Waals surface area contributed by atoms with Gasteiger partial charge >= 0.3 is 0 Å². The molecule has 0 aliphatic heterocycles. The number of hydrogen-bond acceptors (Lipinski definition) is 3. The highest BCUT2D eigenvalue weighted by atomic mass is 35.5. The fourth-order valence-corrected chi connectivity index (χ4v) is 1.79. The number of rotatable bonds is 3. The Morgan fingerprint density at radius 1 is 1.26 bits per heavy atom. The summed E-state index contributed by atoms with van der Waals surface area (Å²) in [7, 11) is 0. The topological polar surface area (TPSA) is 37.8 Å². The number of nitrogens with one attached hydrogen (secondary N) is 1. The van der Waals surface area contributed by atoms with Gasteiger partial charge in [0.15, 0.2) is 17.5 Å². The van der Waals surface area contributed by atoms with Crippen molar-refractivity contribution in [1.29, 1.82) is 0 Å². The number of halogens is 3. The van der Waals surface area contributed by atoms with Crippen molar-refractivity contribution < 1.29 is 8.78 Å². The molecule has 0 aliphatic carbocycles. The Balaban J connectivity index is 2.52. The predicted octanol–water partition coefficient (Wildman–Crippen LogP) is 3.82. The van der Waals surface area contributed by atoms with E-state index in [-0.39, 0.29) is 16.5 Å². The summed E-state index contributed by atoms with van der Waals surface area (Å²) >= 11 is 5.72. The normalized spacial score (nSPS) is 10.6. The van der Waals surface area contributed by atoms with Gasteiger partial charge in [-0.2, -0.15) is 0 Å². The highest BCUT2D eigenvalue weighted by molar-refractivity contribution is 6.31. The molecule has 3 nitrogen and oxygen atoms in total. The maximum absolute atomic E-state index is 13.8. The highest BCUT2D eigenvalue weighted by Crippen LogP contribution is 2.25. The quantitative estimate of drug-likeness (QED) is 0.931. The van der Waals surface area contributed by atoms with Crippen molar-refractivity contribution in [3.8, 4) is 11.4 Å². The largest absolute Gasteiger partial charge is 0.368 e. The van der Waals surface area contributed by atoms with Crippen LogP contribution in [-0.2, 0) is 0 Å². The third-order valence-corrected chi connectivity index (χ3v) is 2.83. The van der Waals surface area contributed by atoms with Gasteiger partial charge < -0.3 is 5.32 Å².